The molecule has 0 spiro atoms. The Morgan fingerprint density at radius 1 is 1.25 bits per heavy atom. The molecule has 1 aromatic heterocycles. The summed E-state index contributed by atoms with van der Waals surface area (Å²) >= 11 is 0. The second-order valence-electron chi connectivity index (χ2n) is 4.07. The zero-order valence-corrected chi connectivity index (χ0v) is 10.6. The normalized spacial score (nSPS) is 10.6. The third-order valence-corrected chi connectivity index (χ3v) is 2.47. The van der Waals surface area contributed by atoms with E-state index in [-0.39, 0.29) is 0 Å². The number of carboxylic acid groups (broad SMARTS) is 1. The second kappa shape index (κ2) is 6.33. The Morgan fingerprint density at radius 3 is 2.70 bits per heavy atom. The number of rotatable bonds is 5. The molecule has 0 fully saturated rings. The number of carboxylic acids is 1. The number of nitrogens with one attached hydrogen (secondary N) is 1. The first kappa shape index (κ1) is 13.5. The monoisotopic (exact) mass is 271 g/mol. The van der Waals surface area contributed by atoms with Gasteiger partial charge < -0.3 is 10.4 Å². The maximum absolute atomic E-state index is 11.4. The molecular weight excluding hydrogens is 258 g/mol. The van der Waals surface area contributed by atoms with E-state index in [2.05, 4.69) is 10.4 Å². The maximum Gasteiger partial charge on any atom is 0.328 e. The number of carbonyl (C=O) groups is 2. The van der Waals surface area contributed by atoms with Gasteiger partial charge in [0.15, 0.2) is 0 Å². The van der Waals surface area contributed by atoms with Gasteiger partial charge in [-0.2, -0.15) is 5.10 Å². The Bertz CT molecular complexity index is 632. The van der Waals surface area contributed by atoms with E-state index in [0.29, 0.717) is 12.2 Å². The van der Waals surface area contributed by atoms with Crippen LogP contribution in [0.1, 0.15) is 5.56 Å². The summed E-state index contributed by atoms with van der Waals surface area (Å²) in [6.07, 6.45) is 4.93. The van der Waals surface area contributed by atoms with Crippen LogP contribution in [0.5, 0.6) is 0 Å². The van der Waals surface area contributed by atoms with Crippen molar-refractivity contribution in [2.45, 2.75) is 6.54 Å². The molecule has 0 atom stereocenters. The number of carbonyl (C=O) groups excluding carboxylic acids is 1. The molecule has 2 N–H and O–H groups in total. The van der Waals surface area contributed by atoms with Gasteiger partial charge in [0, 0.05) is 18.3 Å². The van der Waals surface area contributed by atoms with Crippen LogP contribution in [-0.4, -0.2) is 26.8 Å². The lowest BCUT2D eigenvalue weighted by Gasteiger charge is -2.00. The van der Waals surface area contributed by atoms with E-state index in [0.717, 1.165) is 17.7 Å². The summed E-state index contributed by atoms with van der Waals surface area (Å²) in [6, 6.07) is 9.79. The van der Waals surface area contributed by atoms with Crippen molar-refractivity contribution in [3.05, 3.63) is 60.4 Å². The Morgan fingerprint density at radius 2 is 2.00 bits per heavy atom. The molecule has 0 saturated carbocycles. The zero-order valence-electron chi connectivity index (χ0n) is 10.6. The number of benzene rings is 1. The van der Waals surface area contributed by atoms with Crippen molar-refractivity contribution < 1.29 is 14.7 Å². The lowest BCUT2D eigenvalue weighted by Crippen LogP contribution is -2.08. The van der Waals surface area contributed by atoms with Crippen LogP contribution >= 0.6 is 0 Å². The first-order valence-electron chi connectivity index (χ1n) is 5.92. The van der Waals surface area contributed by atoms with Gasteiger partial charge >= 0.3 is 5.97 Å². The Hall–Kier alpha value is -2.89. The average molecular weight is 271 g/mol. The molecule has 2 rings (SSSR count). The fourth-order valence-electron chi connectivity index (χ4n) is 1.62. The van der Waals surface area contributed by atoms with Crippen LogP contribution in [0, 0.1) is 0 Å². The second-order valence-corrected chi connectivity index (χ2v) is 4.07. The molecule has 0 unspecified atom stereocenters. The van der Waals surface area contributed by atoms with Gasteiger partial charge in [0.1, 0.15) is 0 Å². The fraction of sp³-hybridized carbons (Fsp3) is 0.0714. The lowest BCUT2D eigenvalue weighted by molar-refractivity contribution is -0.131. The van der Waals surface area contributed by atoms with Gasteiger partial charge in [-0.15, -0.1) is 0 Å². The molecule has 0 aliphatic heterocycles. The van der Waals surface area contributed by atoms with Crippen LogP contribution in [0.4, 0.5) is 5.69 Å². The van der Waals surface area contributed by atoms with Gasteiger partial charge in [-0.3, -0.25) is 9.48 Å². The minimum atomic E-state index is -1.17. The van der Waals surface area contributed by atoms with Gasteiger partial charge in [0.2, 0.25) is 5.91 Å². The number of aliphatic carboxylic acids is 1. The van der Waals surface area contributed by atoms with Crippen LogP contribution in [0.2, 0.25) is 0 Å². The fourth-order valence-corrected chi connectivity index (χ4v) is 1.62. The Kier molecular flexibility index (Phi) is 4.28. The molecule has 20 heavy (non-hydrogen) atoms. The number of aromatic nitrogens is 2. The summed E-state index contributed by atoms with van der Waals surface area (Å²) in [5, 5.41) is 15.1. The third-order valence-electron chi connectivity index (χ3n) is 2.47. The van der Waals surface area contributed by atoms with Crippen molar-refractivity contribution in [2.75, 3.05) is 5.32 Å². The van der Waals surface area contributed by atoms with Crippen molar-refractivity contribution >= 4 is 17.6 Å². The molecule has 6 nitrogen and oxygen atoms in total. The van der Waals surface area contributed by atoms with Crippen LogP contribution in [0.15, 0.2) is 54.9 Å². The van der Waals surface area contributed by atoms with E-state index in [1.807, 2.05) is 30.3 Å². The standard InChI is InChI=1S/C14H13N3O3/c18-13(6-7-14(19)20)16-12-8-15-17(10-12)9-11-4-2-1-3-5-11/h1-8,10H,9H2,(H,16,18)(H,19,20)/b7-6+. The predicted octanol–water partition coefficient (Wildman–Crippen LogP) is 1.51. The number of hydrogen-bond acceptors (Lipinski definition) is 3. The Balaban J connectivity index is 1.96. The molecule has 102 valence electrons. The molecule has 1 aromatic carbocycles. The molecule has 2 aromatic rings. The van der Waals surface area contributed by atoms with Crippen molar-refractivity contribution in [1.82, 2.24) is 9.78 Å². The largest absolute Gasteiger partial charge is 0.478 e. The summed E-state index contributed by atoms with van der Waals surface area (Å²) < 4.78 is 1.69. The molecule has 0 bridgehead atoms. The van der Waals surface area contributed by atoms with Gasteiger partial charge in [-0.1, -0.05) is 30.3 Å². The Labute approximate surface area is 115 Å². The lowest BCUT2D eigenvalue weighted by atomic mass is 10.2. The molecule has 1 amide bonds. The summed E-state index contributed by atoms with van der Waals surface area (Å²) in [4.78, 5) is 21.7. The topological polar surface area (TPSA) is 84.2 Å². The molecule has 6 heteroatoms. The van der Waals surface area contributed by atoms with E-state index in [9.17, 15) is 9.59 Å². The third kappa shape index (κ3) is 4.09. The van der Waals surface area contributed by atoms with E-state index in [1.165, 1.54) is 6.20 Å². The number of amides is 1. The SMILES string of the molecule is O=C(O)/C=C/C(=O)Nc1cnn(Cc2ccccc2)c1. The maximum atomic E-state index is 11.4. The van der Waals surface area contributed by atoms with E-state index < -0.39 is 11.9 Å². The summed E-state index contributed by atoms with van der Waals surface area (Å²) in [5.41, 5.74) is 1.61. The molecule has 0 aliphatic rings. The first-order chi connectivity index (χ1) is 9.63. The number of hydrogen-bond donors (Lipinski definition) is 2. The summed E-state index contributed by atoms with van der Waals surface area (Å²) in [5.74, 6) is -1.67. The highest BCUT2D eigenvalue weighted by Crippen LogP contribution is 2.07. The van der Waals surface area contributed by atoms with Crippen LogP contribution in [0.25, 0.3) is 0 Å². The smallest absolute Gasteiger partial charge is 0.328 e. The molecule has 0 aliphatic carbocycles. The van der Waals surface area contributed by atoms with Crippen molar-refractivity contribution in [3.8, 4) is 0 Å². The van der Waals surface area contributed by atoms with Gasteiger partial charge in [0.25, 0.3) is 0 Å². The highest BCUT2D eigenvalue weighted by atomic mass is 16.4. The van der Waals surface area contributed by atoms with Crippen molar-refractivity contribution in [1.29, 1.82) is 0 Å². The van der Waals surface area contributed by atoms with E-state index in [4.69, 9.17) is 5.11 Å². The minimum Gasteiger partial charge on any atom is -0.478 e. The van der Waals surface area contributed by atoms with Crippen molar-refractivity contribution in [3.63, 3.8) is 0 Å². The molecule has 0 saturated heterocycles. The zero-order chi connectivity index (χ0) is 14.4. The van der Waals surface area contributed by atoms with E-state index in [1.54, 1.807) is 10.9 Å². The van der Waals surface area contributed by atoms with Gasteiger partial charge in [-0.05, 0) is 5.56 Å². The van der Waals surface area contributed by atoms with Crippen molar-refractivity contribution in [2.24, 2.45) is 0 Å². The average Bonchev–Trinajstić information content (AvgIpc) is 2.85. The highest BCUT2D eigenvalue weighted by molar-refractivity contribution is 6.02. The van der Waals surface area contributed by atoms with Crippen LogP contribution in [0.3, 0.4) is 0 Å². The van der Waals surface area contributed by atoms with Gasteiger partial charge in [0.05, 0.1) is 18.4 Å². The summed E-state index contributed by atoms with van der Waals surface area (Å²) in [6.45, 7) is 0.599. The van der Waals surface area contributed by atoms with E-state index >= 15 is 0 Å². The molecular formula is C14H13N3O3. The van der Waals surface area contributed by atoms with Crippen LogP contribution in [-0.2, 0) is 16.1 Å². The first-order valence-corrected chi connectivity index (χ1v) is 5.92. The highest BCUT2D eigenvalue weighted by Gasteiger charge is 2.02. The van der Waals surface area contributed by atoms with Gasteiger partial charge in [-0.25, -0.2) is 4.79 Å². The number of nitrogens with zero attached hydrogens (tertiary/aromatic N) is 2. The number of anilines is 1. The minimum absolute atomic E-state index is 0.508. The molecule has 0 radical (unpaired) electrons. The quantitative estimate of drug-likeness (QED) is 0.807. The summed E-state index contributed by atoms with van der Waals surface area (Å²) in [7, 11) is 0. The molecule has 1 heterocycles. The predicted molar refractivity (Wildman–Crippen MR) is 73.2 cm³/mol. The van der Waals surface area contributed by atoms with Crippen LogP contribution < -0.4 is 5.32 Å².